The van der Waals surface area contributed by atoms with Crippen molar-refractivity contribution < 1.29 is 0 Å². The minimum Gasteiger partial charge on any atom is -0.370 e. The number of nitrogens with zero attached hydrogens (tertiary/aromatic N) is 3. The van der Waals surface area contributed by atoms with Crippen LogP contribution in [0.5, 0.6) is 0 Å². The van der Waals surface area contributed by atoms with Gasteiger partial charge >= 0.3 is 0 Å². The molecule has 1 heterocycles. The molecule has 0 fully saturated rings. The lowest BCUT2D eigenvalue weighted by Crippen LogP contribution is -2.31. The highest BCUT2D eigenvalue weighted by molar-refractivity contribution is 5.77. The van der Waals surface area contributed by atoms with Crippen LogP contribution in [0.25, 0.3) is 0 Å². The van der Waals surface area contributed by atoms with Crippen LogP contribution in [0, 0.1) is 0 Å². The number of guanidine groups is 1. The number of rotatable bonds is 5. The fourth-order valence-corrected chi connectivity index (χ4v) is 1.03. The van der Waals surface area contributed by atoms with E-state index in [1.165, 1.54) is 6.33 Å². The third-order valence-electron chi connectivity index (χ3n) is 1.68. The van der Waals surface area contributed by atoms with Gasteiger partial charge in [0.05, 0.1) is 0 Å². The lowest BCUT2D eigenvalue weighted by atomic mass is 10.3. The average Bonchev–Trinajstić information content (AvgIpc) is 2.65. The monoisotopic (exact) mass is 196 g/mol. The molecule has 14 heavy (non-hydrogen) atoms. The van der Waals surface area contributed by atoms with Crippen LogP contribution >= 0.6 is 0 Å². The summed E-state index contributed by atoms with van der Waals surface area (Å²) in [6.45, 7) is 3.49. The van der Waals surface area contributed by atoms with E-state index in [2.05, 4.69) is 25.5 Å². The Bertz CT molecular complexity index is 265. The standard InChI is InChI=1S/C8H16N6/c1-2-10-8(9)11-5-3-4-7-12-6-13-14-7/h6H,2-5H2,1H3,(H3,9,10,11)(H,12,13,14). The molecule has 6 nitrogen and oxygen atoms in total. The lowest BCUT2D eigenvalue weighted by molar-refractivity contribution is 0.779. The van der Waals surface area contributed by atoms with Crippen LogP contribution in [0.4, 0.5) is 0 Å². The van der Waals surface area contributed by atoms with E-state index >= 15 is 0 Å². The SMILES string of the molecule is CCNC(N)=NCCCc1ncn[nH]1. The first-order valence-electron chi connectivity index (χ1n) is 4.71. The van der Waals surface area contributed by atoms with Crippen molar-refractivity contribution in [2.45, 2.75) is 19.8 Å². The first-order valence-corrected chi connectivity index (χ1v) is 4.71. The summed E-state index contributed by atoms with van der Waals surface area (Å²) in [6.07, 6.45) is 3.27. The van der Waals surface area contributed by atoms with E-state index in [0.717, 1.165) is 25.2 Å². The summed E-state index contributed by atoms with van der Waals surface area (Å²) < 4.78 is 0. The molecular formula is C8H16N6. The maximum Gasteiger partial charge on any atom is 0.188 e. The van der Waals surface area contributed by atoms with Gasteiger partial charge in [0.2, 0.25) is 0 Å². The highest BCUT2D eigenvalue weighted by Crippen LogP contribution is 1.92. The summed E-state index contributed by atoms with van der Waals surface area (Å²) in [5.41, 5.74) is 5.55. The minimum atomic E-state index is 0.505. The summed E-state index contributed by atoms with van der Waals surface area (Å²) in [6, 6.07) is 0. The molecule has 0 aromatic carbocycles. The first kappa shape index (κ1) is 10.5. The topological polar surface area (TPSA) is 92.0 Å². The first-order chi connectivity index (χ1) is 6.83. The van der Waals surface area contributed by atoms with Crippen molar-refractivity contribution >= 4 is 5.96 Å². The molecule has 0 aliphatic rings. The molecule has 0 spiro atoms. The number of hydrogen-bond donors (Lipinski definition) is 3. The molecule has 4 N–H and O–H groups in total. The van der Waals surface area contributed by atoms with Gasteiger partial charge in [0, 0.05) is 19.5 Å². The van der Waals surface area contributed by atoms with E-state index < -0.39 is 0 Å². The zero-order valence-corrected chi connectivity index (χ0v) is 8.32. The molecule has 0 radical (unpaired) electrons. The van der Waals surface area contributed by atoms with Gasteiger partial charge in [-0.3, -0.25) is 10.1 Å². The number of aryl methyl sites for hydroxylation is 1. The van der Waals surface area contributed by atoms with Crippen LogP contribution in [-0.2, 0) is 6.42 Å². The molecule has 0 aliphatic heterocycles. The molecule has 0 atom stereocenters. The summed E-state index contributed by atoms with van der Waals surface area (Å²) >= 11 is 0. The van der Waals surface area contributed by atoms with Crippen molar-refractivity contribution in [2.24, 2.45) is 10.7 Å². The Morgan fingerprint density at radius 3 is 3.21 bits per heavy atom. The van der Waals surface area contributed by atoms with Gasteiger partial charge in [-0.05, 0) is 13.3 Å². The second-order valence-corrected chi connectivity index (χ2v) is 2.83. The van der Waals surface area contributed by atoms with Crippen molar-refractivity contribution in [2.75, 3.05) is 13.1 Å². The Morgan fingerprint density at radius 1 is 1.71 bits per heavy atom. The molecule has 1 aromatic heterocycles. The van der Waals surface area contributed by atoms with Gasteiger partial charge < -0.3 is 11.1 Å². The van der Waals surface area contributed by atoms with Crippen molar-refractivity contribution in [1.29, 1.82) is 0 Å². The van der Waals surface area contributed by atoms with Crippen LogP contribution in [0.1, 0.15) is 19.2 Å². The summed E-state index contributed by atoms with van der Waals surface area (Å²) in [7, 11) is 0. The molecule has 0 saturated carbocycles. The number of aromatic amines is 1. The van der Waals surface area contributed by atoms with Crippen LogP contribution in [0.15, 0.2) is 11.3 Å². The van der Waals surface area contributed by atoms with E-state index in [0.29, 0.717) is 12.5 Å². The van der Waals surface area contributed by atoms with Gasteiger partial charge in [0.15, 0.2) is 5.96 Å². The largest absolute Gasteiger partial charge is 0.370 e. The van der Waals surface area contributed by atoms with E-state index in [-0.39, 0.29) is 0 Å². The van der Waals surface area contributed by atoms with E-state index in [9.17, 15) is 0 Å². The quantitative estimate of drug-likeness (QED) is 0.341. The smallest absolute Gasteiger partial charge is 0.188 e. The average molecular weight is 196 g/mol. The molecule has 6 heteroatoms. The van der Waals surface area contributed by atoms with Gasteiger partial charge in [-0.2, -0.15) is 5.10 Å². The highest BCUT2D eigenvalue weighted by atomic mass is 15.2. The number of aromatic nitrogens is 3. The van der Waals surface area contributed by atoms with Crippen molar-refractivity contribution in [3.8, 4) is 0 Å². The molecule has 0 bridgehead atoms. The number of aliphatic imine (C=N–C) groups is 1. The number of H-pyrrole nitrogens is 1. The molecule has 78 valence electrons. The van der Waals surface area contributed by atoms with Gasteiger partial charge in [-0.25, -0.2) is 4.98 Å². The predicted molar refractivity (Wildman–Crippen MR) is 54.9 cm³/mol. The molecular weight excluding hydrogens is 180 g/mol. The Labute approximate surface area is 83.0 Å². The number of nitrogens with two attached hydrogens (primary N) is 1. The molecule has 1 rings (SSSR count). The maximum atomic E-state index is 5.55. The Kier molecular flexibility index (Phi) is 4.46. The fraction of sp³-hybridized carbons (Fsp3) is 0.625. The summed E-state index contributed by atoms with van der Waals surface area (Å²) in [5, 5.41) is 9.48. The third kappa shape index (κ3) is 3.88. The van der Waals surface area contributed by atoms with Crippen LogP contribution in [-0.4, -0.2) is 34.2 Å². The van der Waals surface area contributed by atoms with Gasteiger partial charge in [0.1, 0.15) is 12.2 Å². The Hall–Kier alpha value is -1.59. The zero-order chi connectivity index (χ0) is 10.2. The van der Waals surface area contributed by atoms with Crippen LogP contribution < -0.4 is 11.1 Å². The second kappa shape index (κ2) is 5.95. The molecule has 0 aliphatic carbocycles. The molecule has 0 saturated heterocycles. The summed E-state index contributed by atoms with van der Waals surface area (Å²) in [4.78, 5) is 8.14. The van der Waals surface area contributed by atoms with Crippen molar-refractivity contribution in [3.05, 3.63) is 12.2 Å². The van der Waals surface area contributed by atoms with Crippen LogP contribution in [0.3, 0.4) is 0 Å². The zero-order valence-electron chi connectivity index (χ0n) is 8.32. The van der Waals surface area contributed by atoms with Gasteiger partial charge in [-0.15, -0.1) is 0 Å². The van der Waals surface area contributed by atoms with E-state index in [1.807, 2.05) is 6.92 Å². The molecule has 1 aromatic rings. The summed E-state index contributed by atoms with van der Waals surface area (Å²) in [5.74, 6) is 1.40. The molecule has 0 unspecified atom stereocenters. The molecule has 0 amide bonds. The third-order valence-corrected chi connectivity index (χ3v) is 1.68. The number of hydrogen-bond acceptors (Lipinski definition) is 3. The Balaban J connectivity index is 2.13. The van der Waals surface area contributed by atoms with Crippen LogP contribution in [0.2, 0.25) is 0 Å². The minimum absolute atomic E-state index is 0.505. The van der Waals surface area contributed by atoms with E-state index in [4.69, 9.17) is 5.73 Å². The Morgan fingerprint density at radius 2 is 2.57 bits per heavy atom. The lowest BCUT2D eigenvalue weighted by Gasteiger charge is -2.00. The highest BCUT2D eigenvalue weighted by Gasteiger charge is 1.94. The van der Waals surface area contributed by atoms with Crippen molar-refractivity contribution in [3.63, 3.8) is 0 Å². The van der Waals surface area contributed by atoms with Gasteiger partial charge in [0.25, 0.3) is 0 Å². The normalized spacial score (nSPS) is 11.6. The second-order valence-electron chi connectivity index (χ2n) is 2.83. The van der Waals surface area contributed by atoms with Gasteiger partial charge in [-0.1, -0.05) is 0 Å². The predicted octanol–water partition coefficient (Wildman–Crippen LogP) is -0.338. The number of nitrogens with one attached hydrogen (secondary N) is 2. The van der Waals surface area contributed by atoms with E-state index in [1.54, 1.807) is 0 Å². The fourth-order valence-electron chi connectivity index (χ4n) is 1.03. The maximum absolute atomic E-state index is 5.55. The van der Waals surface area contributed by atoms with Crippen molar-refractivity contribution in [1.82, 2.24) is 20.5 Å².